The molecule has 0 aliphatic carbocycles. The van der Waals surface area contributed by atoms with Crippen LogP contribution in [-0.2, 0) is 6.54 Å². The average molecular weight is 272 g/mol. The van der Waals surface area contributed by atoms with Gasteiger partial charge in [0.05, 0.1) is 6.04 Å². The molecule has 1 N–H and O–H groups in total. The first-order chi connectivity index (χ1) is 9.39. The third-order valence-corrected chi connectivity index (χ3v) is 4.06. The Morgan fingerprint density at radius 2 is 1.95 bits per heavy atom. The lowest BCUT2D eigenvalue weighted by molar-refractivity contribution is 0.0640. The summed E-state index contributed by atoms with van der Waals surface area (Å²) in [6, 6.07) is 10.3. The maximum absolute atomic E-state index is 11.6. The lowest BCUT2D eigenvalue weighted by Crippen LogP contribution is -2.46. The van der Waals surface area contributed by atoms with Crippen LogP contribution in [0.3, 0.4) is 0 Å². The highest BCUT2D eigenvalue weighted by atomic mass is 16.4. The van der Waals surface area contributed by atoms with Crippen LogP contribution < -0.4 is 0 Å². The number of fused-ring (bicyclic) bond motifs is 3. The number of carboxylic acid groups (broad SMARTS) is 1. The zero-order valence-corrected chi connectivity index (χ0v) is 12.1. The first-order valence-electron chi connectivity index (χ1n) is 6.97. The van der Waals surface area contributed by atoms with Gasteiger partial charge in [0.15, 0.2) is 0 Å². The third kappa shape index (κ3) is 1.87. The highest BCUT2D eigenvalue weighted by molar-refractivity contribution is 5.82. The van der Waals surface area contributed by atoms with Gasteiger partial charge in [0, 0.05) is 24.3 Å². The molecule has 1 aliphatic heterocycles. The van der Waals surface area contributed by atoms with Gasteiger partial charge in [0.1, 0.15) is 0 Å². The van der Waals surface area contributed by atoms with Crippen LogP contribution in [0.2, 0.25) is 0 Å². The van der Waals surface area contributed by atoms with E-state index in [4.69, 9.17) is 0 Å². The molecule has 0 bridgehead atoms. The Kier molecular flexibility index (Phi) is 2.78. The predicted octanol–water partition coefficient (Wildman–Crippen LogP) is 3.72. The van der Waals surface area contributed by atoms with Gasteiger partial charge in [-0.2, -0.15) is 0 Å². The third-order valence-electron chi connectivity index (χ3n) is 4.06. The van der Waals surface area contributed by atoms with E-state index < -0.39 is 6.09 Å². The number of rotatable bonds is 0. The van der Waals surface area contributed by atoms with Gasteiger partial charge in [-0.25, -0.2) is 4.79 Å². The summed E-state index contributed by atoms with van der Waals surface area (Å²) in [5.74, 6) is 0. The van der Waals surface area contributed by atoms with Crippen molar-refractivity contribution in [1.29, 1.82) is 0 Å². The molecule has 1 unspecified atom stereocenters. The van der Waals surface area contributed by atoms with Crippen molar-refractivity contribution in [3.8, 4) is 0 Å². The van der Waals surface area contributed by atoms with Gasteiger partial charge in [-0.15, -0.1) is 0 Å². The van der Waals surface area contributed by atoms with Crippen LogP contribution in [0, 0.1) is 5.41 Å². The number of nitrogens with zero attached hydrogens (tertiary/aromatic N) is 2. The molecule has 1 aliphatic rings. The molecule has 1 aromatic heterocycles. The summed E-state index contributed by atoms with van der Waals surface area (Å²) in [5, 5.41) is 10.7. The van der Waals surface area contributed by atoms with Crippen LogP contribution in [0.4, 0.5) is 4.79 Å². The first kappa shape index (κ1) is 13.0. The lowest BCUT2D eigenvalue weighted by Gasteiger charge is -2.42. The molecule has 2 aromatic rings. The summed E-state index contributed by atoms with van der Waals surface area (Å²) < 4.78 is 2.27. The van der Waals surface area contributed by atoms with Gasteiger partial charge < -0.3 is 9.67 Å². The van der Waals surface area contributed by atoms with Crippen molar-refractivity contribution in [3.63, 3.8) is 0 Å². The van der Waals surface area contributed by atoms with E-state index in [1.807, 2.05) is 12.1 Å². The highest BCUT2D eigenvalue weighted by Gasteiger charge is 2.39. The summed E-state index contributed by atoms with van der Waals surface area (Å²) in [7, 11) is 0. The van der Waals surface area contributed by atoms with Crippen molar-refractivity contribution >= 4 is 17.0 Å². The minimum Gasteiger partial charge on any atom is -0.465 e. The minimum absolute atomic E-state index is 0.110. The summed E-state index contributed by atoms with van der Waals surface area (Å²) in [4.78, 5) is 13.1. The second-order valence-electron chi connectivity index (χ2n) is 6.52. The Labute approximate surface area is 118 Å². The molecule has 2 heterocycles. The van der Waals surface area contributed by atoms with E-state index in [-0.39, 0.29) is 11.5 Å². The molecule has 106 valence electrons. The maximum atomic E-state index is 11.6. The SMILES string of the molecule is CC(C)(C)C1c2cc3ccccc3n2CCN1C(=O)O. The normalized spacial score (nSPS) is 19.1. The van der Waals surface area contributed by atoms with E-state index in [0.29, 0.717) is 6.54 Å². The van der Waals surface area contributed by atoms with Gasteiger partial charge in [0.25, 0.3) is 0 Å². The number of amides is 1. The molecule has 0 saturated carbocycles. The van der Waals surface area contributed by atoms with Gasteiger partial charge in [-0.05, 0) is 22.9 Å². The smallest absolute Gasteiger partial charge is 0.407 e. The van der Waals surface area contributed by atoms with Crippen molar-refractivity contribution in [2.45, 2.75) is 33.4 Å². The number of aromatic nitrogens is 1. The molecule has 3 rings (SSSR count). The second-order valence-corrected chi connectivity index (χ2v) is 6.52. The van der Waals surface area contributed by atoms with Crippen molar-refractivity contribution in [2.24, 2.45) is 5.41 Å². The van der Waals surface area contributed by atoms with Crippen LogP contribution in [0.15, 0.2) is 30.3 Å². The molecular weight excluding hydrogens is 252 g/mol. The van der Waals surface area contributed by atoms with Gasteiger partial charge in [0.2, 0.25) is 0 Å². The minimum atomic E-state index is -0.832. The molecule has 1 aromatic carbocycles. The number of benzene rings is 1. The van der Waals surface area contributed by atoms with E-state index in [1.165, 1.54) is 10.9 Å². The molecule has 0 radical (unpaired) electrons. The largest absolute Gasteiger partial charge is 0.465 e. The van der Waals surface area contributed by atoms with E-state index in [1.54, 1.807) is 4.90 Å². The number of hydrogen-bond donors (Lipinski definition) is 1. The van der Waals surface area contributed by atoms with Crippen LogP contribution in [-0.4, -0.2) is 27.2 Å². The molecule has 1 atom stereocenters. The van der Waals surface area contributed by atoms with Crippen LogP contribution >= 0.6 is 0 Å². The number of para-hydroxylation sites is 1. The zero-order chi connectivity index (χ0) is 14.5. The Morgan fingerprint density at radius 3 is 2.60 bits per heavy atom. The maximum Gasteiger partial charge on any atom is 0.407 e. The van der Waals surface area contributed by atoms with Crippen molar-refractivity contribution in [1.82, 2.24) is 9.47 Å². The lowest BCUT2D eigenvalue weighted by atomic mass is 9.83. The summed E-state index contributed by atoms with van der Waals surface area (Å²) >= 11 is 0. The fraction of sp³-hybridized carbons (Fsp3) is 0.438. The van der Waals surface area contributed by atoms with E-state index in [2.05, 4.69) is 43.5 Å². The molecule has 4 heteroatoms. The number of carbonyl (C=O) groups is 1. The van der Waals surface area contributed by atoms with E-state index >= 15 is 0 Å². The fourth-order valence-corrected chi connectivity index (χ4v) is 3.32. The van der Waals surface area contributed by atoms with Gasteiger partial charge in [-0.1, -0.05) is 39.0 Å². The first-order valence-corrected chi connectivity index (χ1v) is 6.97. The summed E-state index contributed by atoms with van der Waals surface area (Å²) in [5.41, 5.74) is 2.17. The van der Waals surface area contributed by atoms with Crippen molar-refractivity contribution in [2.75, 3.05) is 6.54 Å². The van der Waals surface area contributed by atoms with Crippen LogP contribution in [0.25, 0.3) is 10.9 Å². The highest BCUT2D eigenvalue weighted by Crippen LogP contribution is 2.42. The Morgan fingerprint density at radius 1 is 1.25 bits per heavy atom. The van der Waals surface area contributed by atoms with Crippen molar-refractivity contribution < 1.29 is 9.90 Å². The van der Waals surface area contributed by atoms with Crippen LogP contribution in [0.5, 0.6) is 0 Å². The molecule has 0 fully saturated rings. The topological polar surface area (TPSA) is 45.5 Å². The fourth-order valence-electron chi connectivity index (χ4n) is 3.32. The Bertz CT molecular complexity index is 667. The molecule has 1 amide bonds. The molecular formula is C16H20N2O2. The predicted molar refractivity (Wildman–Crippen MR) is 78.9 cm³/mol. The molecule has 0 saturated heterocycles. The standard InChI is InChI=1S/C16H20N2O2/c1-16(2,3)14-13-10-11-6-4-5-7-12(11)17(13)8-9-18(14)15(19)20/h4-7,10,14H,8-9H2,1-3H3,(H,19,20). The molecule has 20 heavy (non-hydrogen) atoms. The molecule has 4 nitrogen and oxygen atoms in total. The monoisotopic (exact) mass is 272 g/mol. The Balaban J connectivity index is 2.22. The van der Waals surface area contributed by atoms with Crippen LogP contribution in [0.1, 0.15) is 32.5 Å². The van der Waals surface area contributed by atoms with Gasteiger partial charge >= 0.3 is 6.09 Å². The van der Waals surface area contributed by atoms with E-state index in [0.717, 1.165) is 12.2 Å². The van der Waals surface area contributed by atoms with Crippen molar-refractivity contribution in [3.05, 3.63) is 36.0 Å². The quantitative estimate of drug-likeness (QED) is 0.794. The Hall–Kier alpha value is -1.97. The number of hydrogen-bond acceptors (Lipinski definition) is 1. The average Bonchev–Trinajstić information content (AvgIpc) is 2.74. The van der Waals surface area contributed by atoms with E-state index in [9.17, 15) is 9.90 Å². The summed E-state index contributed by atoms with van der Waals surface area (Å²) in [6.45, 7) is 7.56. The van der Waals surface area contributed by atoms with Gasteiger partial charge in [-0.3, -0.25) is 4.90 Å². The molecule has 0 spiro atoms. The second kappa shape index (κ2) is 4.27. The summed E-state index contributed by atoms with van der Waals surface area (Å²) in [6.07, 6.45) is -0.832. The zero-order valence-electron chi connectivity index (χ0n) is 12.1.